The summed E-state index contributed by atoms with van der Waals surface area (Å²) in [5.41, 5.74) is 1.46. The molecule has 0 saturated heterocycles. The Labute approximate surface area is 107 Å². The van der Waals surface area contributed by atoms with Crippen molar-refractivity contribution in [3.63, 3.8) is 0 Å². The van der Waals surface area contributed by atoms with Gasteiger partial charge in [0.2, 0.25) is 0 Å². The Balaban J connectivity index is 2.44. The average molecular weight is 233 g/mol. The van der Waals surface area contributed by atoms with E-state index in [4.69, 9.17) is 0 Å². The molecule has 1 aromatic carbocycles. The summed E-state index contributed by atoms with van der Waals surface area (Å²) in [5, 5.41) is 3.59. The molecule has 1 aromatic rings. The molecule has 1 N–H and O–H groups in total. The van der Waals surface area contributed by atoms with Gasteiger partial charge in [-0.25, -0.2) is 0 Å². The SMILES string of the molecule is CC(C)CNCC(Cc1ccccc1)C(C)C. The van der Waals surface area contributed by atoms with Crippen LogP contribution in [0, 0.1) is 17.8 Å². The van der Waals surface area contributed by atoms with Crippen LogP contribution < -0.4 is 5.32 Å². The Bertz CT molecular complexity index is 290. The number of benzene rings is 1. The van der Waals surface area contributed by atoms with Crippen LogP contribution in [0.3, 0.4) is 0 Å². The number of hydrogen-bond acceptors (Lipinski definition) is 1. The first-order chi connectivity index (χ1) is 8.09. The van der Waals surface area contributed by atoms with E-state index in [0.717, 1.165) is 30.8 Å². The van der Waals surface area contributed by atoms with E-state index in [2.05, 4.69) is 63.3 Å². The maximum absolute atomic E-state index is 3.59. The molecule has 1 heteroatoms. The first-order valence-electron chi connectivity index (χ1n) is 6.84. The van der Waals surface area contributed by atoms with E-state index in [1.807, 2.05) is 0 Å². The van der Waals surface area contributed by atoms with Crippen molar-refractivity contribution in [2.75, 3.05) is 13.1 Å². The van der Waals surface area contributed by atoms with Crippen molar-refractivity contribution in [2.45, 2.75) is 34.1 Å². The smallest absolute Gasteiger partial charge is 0.00148 e. The molecule has 17 heavy (non-hydrogen) atoms. The van der Waals surface area contributed by atoms with Gasteiger partial charge in [-0.2, -0.15) is 0 Å². The lowest BCUT2D eigenvalue weighted by Gasteiger charge is -2.22. The van der Waals surface area contributed by atoms with Crippen LogP contribution >= 0.6 is 0 Å². The number of hydrogen-bond donors (Lipinski definition) is 1. The second-order valence-corrected chi connectivity index (χ2v) is 5.75. The normalized spacial score (nSPS) is 13.3. The minimum Gasteiger partial charge on any atom is -0.316 e. The van der Waals surface area contributed by atoms with Crippen LogP contribution in [0.5, 0.6) is 0 Å². The van der Waals surface area contributed by atoms with E-state index in [-0.39, 0.29) is 0 Å². The van der Waals surface area contributed by atoms with Crippen LogP contribution in [-0.2, 0) is 6.42 Å². The van der Waals surface area contributed by atoms with Gasteiger partial charge in [0.15, 0.2) is 0 Å². The lowest BCUT2D eigenvalue weighted by atomic mass is 9.89. The lowest BCUT2D eigenvalue weighted by Crippen LogP contribution is -2.30. The second kappa shape index (κ2) is 7.50. The van der Waals surface area contributed by atoms with Crippen LogP contribution in [-0.4, -0.2) is 13.1 Å². The summed E-state index contributed by atoms with van der Waals surface area (Å²) in [6, 6.07) is 10.8. The summed E-state index contributed by atoms with van der Waals surface area (Å²) in [4.78, 5) is 0. The maximum Gasteiger partial charge on any atom is -0.00148 e. The molecule has 0 aliphatic carbocycles. The Morgan fingerprint density at radius 3 is 2.12 bits per heavy atom. The standard InChI is InChI=1S/C16H27N/c1-13(2)11-17-12-16(14(3)4)10-15-8-6-5-7-9-15/h5-9,13-14,16-17H,10-12H2,1-4H3. The third-order valence-corrected chi connectivity index (χ3v) is 3.24. The highest BCUT2D eigenvalue weighted by atomic mass is 14.9. The van der Waals surface area contributed by atoms with Gasteiger partial charge in [-0.1, -0.05) is 58.0 Å². The van der Waals surface area contributed by atoms with Gasteiger partial charge < -0.3 is 5.32 Å². The van der Waals surface area contributed by atoms with Crippen LogP contribution in [0.25, 0.3) is 0 Å². The van der Waals surface area contributed by atoms with Crippen molar-refractivity contribution in [2.24, 2.45) is 17.8 Å². The minimum atomic E-state index is 0.731. The van der Waals surface area contributed by atoms with Crippen molar-refractivity contribution in [1.29, 1.82) is 0 Å². The third-order valence-electron chi connectivity index (χ3n) is 3.24. The van der Waals surface area contributed by atoms with Gasteiger partial charge in [-0.15, -0.1) is 0 Å². The van der Waals surface area contributed by atoms with E-state index < -0.39 is 0 Å². The highest BCUT2D eigenvalue weighted by Gasteiger charge is 2.13. The molecule has 0 bridgehead atoms. The fourth-order valence-electron chi connectivity index (χ4n) is 2.02. The monoisotopic (exact) mass is 233 g/mol. The van der Waals surface area contributed by atoms with Gasteiger partial charge in [0.1, 0.15) is 0 Å². The second-order valence-electron chi connectivity index (χ2n) is 5.75. The van der Waals surface area contributed by atoms with Crippen LogP contribution in [0.1, 0.15) is 33.3 Å². The Hall–Kier alpha value is -0.820. The zero-order chi connectivity index (χ0) is 12.7. The minimum absolute atomic E-state index is 0.731. The Morgan fingerprint density at radius 1 is 0.941 bits per heavy atom. The zero-order valence-electron chi connectivity index (χ0n) is 11.7. The lowest BCUT2D eigenvalue weighted by molar-refractivity contribution is 0.352. The Kier molecular flexibility index (Phi) is 6.28. The molecule has 1 rings (SSSR count). The summed E-state index contributed by atoms with van der Waals surface area (Å²) < 4.78 is 0. The van der Waals surface area contributed by atoms with Crippen LogP contribution in [0.4, 0.5) is 0 Å². The van der Waals surface area contributed by atoms with Gasteiger partial charge in [-0.05, 0) is 42.8 Å². The molecule has 0 heterocycles. The molecule has 1 atom stereocenters. The molecule has 1 unspecified atom stereocenters. The van der Waals surface area contributed by atoms with Crippen LogP contribution in [0.15, 0.2) is 30.3 Å². The molecule has 96 valence electrons. The van der Waals surface area contributed by atoms with Gasteiger partial charge in [0.05, 0.1) is 0 Å². The summed E-state index contributed by atoms with van der Waals surface area (Å²) in [7, 11) is 0. The number of nitrogens with one attached hydrogen (secondary N) is 1. The van der Waals surface area contributed by atoms with E-state index in [9.17, 15) is 0 Å². The highest BCUT2D eigenvalue weighted by molar-refractivity contribution is 5.15. The van der Waals surface area contributed by atoms with E-state index in [1.54, 1.807) is 0 Å². The highest BCUT2D eigenvalue weighted by Crippen LogP contribution is 2.16. The average Bonchev–Trinajstić information content (AvgIpc) is 2.28. The first kappa shape index (κ1) is 14.2. The molecule has 0 fully saturated rings. The van der Waals surface area contributed by atoms with Crippen molar-refractivity contribution >= 4 is 0 Å². The fourth-order valence-corrected chi connectivity index (χ4v) is 2.02. The molecule has 0 radical (unpaired) electrons. The molecule has 0 saturated carbocycles. The first-order valence-corrected chi connectivity index (χ1v) is 6.84. The van der Waals surface area contributed by atoms with Crippen molar-refractivity contribution in [1.82, 2.24) is 5.32 Å². The van der Waals surface area contributed by atoms with Crippen molar-refractivity contribution in [3.05, 3.63) is 35.9 Å². The zero-order valence-corrected chi connectivity index (χ0v) is 11.7. The molecule has 0 aromatic heterocycles. The molecular formula is C16H27N. The maximum atomic E-state index is 3.59. The molecule has 0 aliphatic heterocycles. The summed E-state index contributed by atoms with van der Waals surface area (Å²) >= 11 is 0. The van der Waals surface area contributed by atoms with E-state index in [0.29, 0.717) is 0 Å². The predicted octanol–water partition coefficient (Wildman–Crippen LogP) is 3.75. The van der Waals surface area contributed by atoms with Gasteiger partial charge >= 0.3 is 0 Å². The van der Waals surface area contributed by atoms with E-state index in [1.165, 1.54) is 12.0 Å². The molecule has 1 nitrogen and oxygen atoms in total. The quantitative estimate of drug-likeness (QED) is 0.756. The number of rotatable bonds is 7. The van der Waals surface area contributed by atoms with Gasteiger partial charge in [0.25, 0.3) is 0 Å². The predicted molar refractivity (Wildman–Crippen MR) is 76.2 cm³/mol. The summed E-state index contributed by atoms with van der Waals surface area (Å²) in [6.07, 6.45) is 1.18. The summed E-state index contributed by atoms with van der Waals surface area (Å²) in [6.45, 7) is 11.4. The summed E-state index contributed by atoms with van der Waals surface area (Å²) in [5.74, 6) is 2.20. The van der Waals surface area contributed by atoms with Gasteiger partial charge in [-0.3, -0.25) is 0 Å². The molecular weight excluding hydrogens is 206 g/mol. The Morgan fingerprint density at radius 2 is 1.59 bits per heavy atom. The van der Waals surface area contributed by atoms with Crippen molar-refractivity contribution in [3.8, 4) is 0 Å². The third kappa shape index (κ3) is 5.88. The van der Waals surface area contributed by atoms with Crippen LogP contribution in [0.2, 0.25) is 0 Å². The molecule has 0 spiro atoms. The topological polar surface area (TPSA) is 12.0 Å². The molecule has 0 aliphatic rings. The fraction of sp³-hybridized carbons (Fsp3) is 0.625. The van der Waals surface area contributed by atoms with E-state index >= 15 is 0 Å². The van der Waals surface area contributed by atoms with Gasteiger partial charge in [0, 0.05) is 0 Å². The van der Waals surface area contributed by atoms with Crippen molar-refractivity contribution < 1.29 is 0 Å². The largest absolute Gasteiger partial charge is 0.316 e. The molecule has 0 amide bonds.